The Labute approximate surface area is 104 Å². The first-order valence-corrected chi connectivity index (χ1v) is 6.65. The fourth-order valence-corrected chi connectivity index (χ4v) is 2.35. The molecule has 100 valence electrons. The first-order chi connectivity index (χ1) is 8.45. The van der Waals surface area contributed by atoms with Gasteiger partial charge in [-0.1, -0.05) is 11.2 Å². The third kappa shape index (κ3) is 4.30. The highest BCUT2D eigenvalue weighted by atomic mass is 32.2. The monoisotopic (exact) mass is 275 g/mol. The zero-order chi connectivity index (χ0) is 13.6. The van der Waals surface area contributed by atoms with Crippen molar-refractivity contribution in [1.29, 1.82) is 0 Å². The number of hydrogen-bond acceptors (Lipinski definition) is 4. The second kappa shape index (κ2) is 6.31. The zero-order valence-electron chi connectivity index (χ0n) is 9.51. The van der Waals surface area contributed by atoms with E-state index in [4.69, 9.17) is 10.9 Å². The number of amidine groups is 1. The molecule has 0 heterocycles. The van der Waals surface area contributed by atoms with Gasteiger partial charge in [-0.3, -0.25) is 0 Å². The summed E-state index contributed by atoms with van der Waals surface area (Å²) in [6.45, 7) is 0.120. The van der Waals surface area contributed by atoms with Crippen LogP contribution in [0.4, 0.5) is 4.39 Å². The summed E-state index contributed by atoms with van der Waals surface area (Å²) >= 11 is 0. The average Bonchev–Trinajstić information content (AvgIpc) is 2.34. The topological polar surface area (TPSA) is 105 Å². The van der Waals surface area contributed by atoms with Gasteiger partial charge in [-0.2, -0.15) is 0 Å². The SMILES string of the molecule is NC(CCCNS(=O)(=O)c1cccc(F)c1)=NO. The molecule has 0 spiro atoms. The van der Waals surface area contributed by atoms with E-state index in [1.807, 2.05) is 0 Å². The van der Waals surface area contributed by atoms with E-state index in [1.54, 1.807) is 0 Å². The fraction of sp³-hybridized carbons (Fsp3) is 0.300. The number of sulfonamides is 1. The first kappa shape index (κ1) is 14.4. The minimum atomic E-state index is -3.72. The molecular formula is C10H14FN3O3S. The molecule has 0 amide bonds. The molecule has 0 saturated heterocycles. The van der Waals surface area contributed by atoms with Crippen molar-refractivity contribution >= 4 is 15.9 Å². The molecule has 1 aromatic rings. The summed E-state index contributed by atoms with van der Waals surface area (Å²) in [7, 11) is -3.72. The van der Waals surface area contributed by atoms with E-state index in [2.05, 4.69) is 9.88 Å². The minimum absolute atomic E-state index is 0.0277. The van der Waals surface area contributed by atoms with Gasteiger partial charge >= 0.3 is 0 Å². The van der Waals surface area contributed by atoms with Crippen LogP contribution in [-0.2, 0) is 10.0 Å². The van der Waals surface area contributed by atoms with E-state index >= 15 is 0 Å². The van der Waals surface area contributed by atoms with Crippen LogP contribution in [0.5, 0.6) is 0 Å². The Hall–Kier alpha value is -1.67. The van der Waals surface area contributed by atoms with Crippen molar-refractivity contribution in [2.45, 2.75) is 17.7 Å². The highest BCUT2D eigenvalue weighted by Gasteiger charge is 2.13. The molecule has 1 rings (SSSR count). The van der Waals surface area contributed by atoms with Crippen molar-refractivity contribution in [3.63, 3.8) is 0 Å². The number of benzene rings is 1. The van der Waals surface area contributed by atoms with Crippen molar-refractivity contribution < 1.29 is 18.0 Å². The summed E-state index contributed by atoms with van der Waals surface area (Å²) in [5, 5.41) is 11.0. The molecule has 0 aliphatic heterocycles. The van der Waals surface area contributed by atoms with Crippen LogP contribution >= 0.6 is 0 Å². The van der Waals surface area contributed by atoms with Crippen molar-refractivity contribution in [3.05, 3.63) is 30.1 Å². The molecule has 0 atom stereocenters. The third-order valence-electron chi connectivity index (χ3n) is 2.14. The first-order valence-electron chi connectivity index (χ1n) is 5.17. The fourth-order valence-electron chi connectivity index (χ4n) is 1.24. The number of nitrogens with one attached hydrogen (secondary N) is 1. The van der Waals surface area contributed by atoms with Gasteiger partial charge < -0.3 is 10.9 Å². The summed E-state index contributed by atoms with van der Waals surface area (Å²) in [5.74, 6) is -0.588. The van der Waals surface area contributed by atoms with Crippen LogP contribution in [0.3, 0.4) is 0 Å². The van der Waals surface area contributed by atoms with Crippen LogP contribution in [0.1, 0.15) is 12.8 Å². The molecule has 8 heteroatoms. The Kier molecular flexibility index (Phi) is 5.05. The second-order valence-corrected chi connectivity index (χ2v) is 5.32. The minimum Gasteiger partial charge on any atom is -0.409 e. The quantitative estimate of drug-likeness (QED) is 0.233. The number of hydrogen-bond donors (Lipinski definition) is 3. The predicted molar refractivity (Wildman–Crippen MR) is 64.2 cm³/mol. The molecule has 4 N–H and O–H groups in total. The van der Waals surface area contributed by atoms with Gasteiger partial charge in [0.05, 0.1) is 4.90 Å². The Morgan fingerprint density at radius 2 is 2.22 bits per heavy atom. The number of oxime groups is 1. The molecule has 0 unspecified atom stereocenters. The third-order valence-corrected chi connectivity index (χ3v) is 3.60. The summed E-state index contributed by atoms with van der Waals surface area (Å²) in [4.78, 5) is -0.133. The molecule has 0 fully saturated rings. The molecule has 0 radical (unpaired) electrons. The number of nitrogens with two attached hydrogens (primary N) is 1. The van der Waals surface area contributed by atoms with Crippen molar-refractivity contribution in [1.82, 2.24) is 4.72 Å². The van der Waals surface area contributed by atoms with Crippen LogP contribution in [0.2, 0.25) is 0 Å². The van der Waals surface area contributed by atoms with Gasteiger partial charge in [0.15, 0.2) is 0 Å². The normalized spacial score (nSPS) is 12.6. The lowest BCUT2D eigenvalue weighted by atomic mass is 10.3. The molecule has 0 aromatic heterocycles. The van der Waals surface area contributed by atoms with Gasteiger partial charge in [0.25, 0.3) is 0 Å². The summed E-state index contributed by atoms with van der Waals surface area (Å²) < 4.78 is 38.6. The van der Waals surface area contributed by atoms with Gasteiger partial charge in [0.2, 0.25) is 10.0 Å². The number of halogens is 1. The average molecular weight is 275 g/mol. The summed E-state index contributed by atoms with van der Waals surface area (Å²) in [6.07, 6.45) is 0.645. The molecule has 0 aliphatic rings. The van der Waals surface area contributed by atoms with Gasteiger partial charge in [-0.05, 0) is 24.6 Å². The van der Waals surface area contributed by atoms with Crippen molar-refractivity contribution in [2.24, 2.45) is 10.9 Å². The van der Waals surface area contributed by atoms with E-state index in [9.17, 15) is 12.8 Å². The Bertz CT molecular complexity index is 531. The molecule has 18 heavy (non-hydrogen) atoms. The van der Waals surface area contributed by atoms with Crippen molar-refractivity contribution in [2.75, 3.05) is 6.54 Å². The second-order valence-electron chi connectivity index (χ2n) is 3.55. The van der Waals surface area contributed by atoms with E-state index < -0.39 is 15.8 Å². The van der Waals surface area contributed by atoms with Crippen molar-refractivity contribution in [3.8, 4) is 0 Å². The molecule has 0 bridgehead atoms. The molecule has 0 saturated carbocycles. The van der Waals surface area contributed by atoms with Crippen LogP contribution < -0.4 is 10.5 Å². The highest BCUT2D eigenvalue weighted by molar-refractivity contribution is 7.89. The molecule has 1 aromatic carbocycles. The lowest BCUT2D eigenvalue weighted by molar-refractivity contribution is 0.316. The Balaban J connectivity index is 2.56. The van der Waals surface area contributed by atoms with E-state index in [0.29, 0.717) is 6.42 Å². The maximum Gasteiger partial charge on any atom is 0.240 e. The van der Waals surface area contributed by atoms with Crippen LogP contribution in [-0.4, -0.2) is 26.0 Å². The van der Waals surface area contributed by atoms with Gasteiger partial charge in [0.1, 0.15) is 11.7 Å². The lowest BCUT2D eigenvalue weighted by Crippen LogP contribution is -2.26. The van der Waals surface area contributed by atoms with Gasteiger partial charge in [0, 0.05) is 13.0 Å². The number of nitrogens with zero attached hydrogens (tertiary/aromatic N) is 1. The maximum atomic E-state index is 12.9. The predicted octanol–water partition coefficient (Wildman–Crippen LogP) is 0.631. The molecule has 6 nitrogen and oxygen atoms in total. The molecular weight excluding hydrogens is 261 g/mol. The zero-order valence-corrected chi connectivity index (χ0v) is 10.3. The lowest BCUT2D eigenvalue weighted by Gasteiger charge is -2.06. The van der Waals surface area contributed by atoms with Crippen LogP contribution in [0.15, 0.2) is 34.3 Å². The Morgan fingerprint density at radius 3 is 2.83 bits per heavy atom. The molecule has 0 aliphatic carbocycles. The highest BCUT2D eigenvalue weighted by Crippen LogP contribution is 2.10. The summed E-state index contributed by atoms with van der Waals surface area (Å²) in [5.41, 5.74) is 5.23. The summed E-state index contributed by atoms with van der Waals surface area (Å²) in [6, 6.07) is 4.72. The standard InChI is InChI=1S/C10H14FN3O3S/c11-8-3-1-4-9(7-8)18(16,17)13-6-2-5-10(12)14-15/h1,3-4,7,13,15H,2,5-6H2,(H2,12,14). The maximum absolute atomic E-state index is 12.9. The number of rotatable bonds is 6. The van der Waals surface area contributed by atoms with Crippen LogP contribution in [0, 0.1) is 5.82 Å². The van der Waals surface area contributed by atoms with Gasteiger partial charge in [-0.25, -0.2) is 17.5 Å². The van der Waals surface area contributed by atoms with E-state index in [0.717, 1.165) is 12.1 Å². The van der Waals surface area contributed by atoms with Crippen LogP contribution in [0.25, 0.3) is 0 Å². The Morgan fingerprint density at radius 1 is 1.50 bits per heavy atom. The smallest absolute Gasteiger partial charge is 0.240 e. The van der Waals surface area contributed by atoms with Gasteiger partial charge in [-0.15, -0.1) is 0 Å². The largest absolute Gasteiger partial charge is 0.409 e. The van der Waals surface area contributed by atoms with E-state index in [1.165, 1.54) is 12.1 Å². The van der Waals surface area contributed by atoms with E-state index in [-0.39, 0.29) is 23.7 Å².